The highest BCUT2D eigenvalue weighted by Crippen LogP contribution is 2.32. The molecule has 23 heavy (non-hydrogen) atoms. The third-order valence-corrected chi connectivity index (χ3v) is 5.27. The fourth-order valence-corrected chi connectivity index (χ4v) is 3.42. The molecule has 4 nitrogen and oxygen atoms in total. The van der Waals surface area contributed by atoms with Gasteiger partial charge in [-0.25, -0.2) is 0 Å². The van der Waals surface area contributed by atoms with E-state index in [4.69, 9.17) is 15.2 Å². The third-order valence-electron chi connectivity index (χ3n) is 5.27. The van der Waals surface area contributed by atoms with E-state index in [9.17, 15) is 0 Å². The summed E-state index contributed by atoms with van der Waals surface area (Å²) in [6.07, 6.45) is 7.20. The maximum absolute atomic E-state index is 6.49. The number of nitrogens with two attached hydrogens (primary N) is 1. The normalized spacial score (nSPS) is 14.2. The summed E-state index contributed by atoms with van der Waals surface area (Å²) >= 11 is 0. The first kappa shape index (κ1) is 22.8. The summed E-state index contributed by atoms with van der Waals surface area (Å²) in [5.41, 5.74) is 5.66. The van der Waals surface area contributed by atoms with Gasteiger partial charge in [-0.1, -0.05) is 27.7 Å². The van der Waals surface area contributed by atoms with Crippen LogP contribution in [0.2, 0.25) is 0 Å². The monoisotopic (exact) mass is 330 g/mol. The molecule has 3 N–H and O–H groups in total. The minimum absolute atomic E-state index is 0.0664. The van der Waals surface area contributed by atoms with Gasteiger partial charge in [0.25, 0.3) is 0 Å². The standard InChI is InChI=1S/C19H42N2O2/c1-7-18(8-2,12-13-20)23-17(5)16-19(9-3,10-4)22-15-11-14-21-6/h17,21H,7-16,20H2,1-6H3. The molecule has 0 amide bonds. The molecule has 1 atom stereocenters. The molecule has 0 aliphatic rings. The summed E-state index contributed by atoms with van der Waals surface area (Å²) in [6, 6.07) is 0. The Morgan fingerprint density at radius 2 is 1.57 bits per heavy atom. The van der Waals surface area contributed by atoms with Crippen molar-refractivity contribution in [3.05, 3.63) is 0 Å². The van der Waals surface area contributed by atoms with Crippen LogP contribution in [0.25, 0.3) is 0 Å². The number of rotatable bonds is 15. The third kappa shape index (κ3) is 7.97. The van der Waals surface area contributed by atoms with Crippen molar-refractivity contribution in [3.8, 4) is 0 Å². The molecule has 0 aliphatic carbocycles. The van der Waals surface area contributed by atoms with Crippen LogP contribution in [0.3, 0.4) is 0 Å². The first-order valence-corrected chi connectivity index (χ1v) is 9.63. The zero-order valence-corrected chi connectivity index (χ0v) is 16.5. The Balaban J connectivity index is 4.72. The second kappa shape index (κ2) is 12.2. The van der Waals surface area contributed by atoms with Crippen LogP contribution in [0.4, 0.5) is 0 Å². The summed E-state index contributed by atoms with van der Waals surface area (Å²) in [5, 5.41) is 3.17. The number of nitrogens with one attached hydrogen (secondary N) is 1. The Morgan fingerprint density at radius 1 is 1.00 bits per heavy atom. The van der Waals surface area contributed by atoms with Gasteiger partial charge in [-0.2, -0.15) is 0 Å². The Labute approximate surface area is 144 Å². The van der Waals surface area contributed by atoms with Crippen molar-refractivity contribution in [2.75, 3.05) is 26.7 Å². The fraction of sp³-hybridized carbons (Fsp3) is 1.00. The van der Waals surface area contributed by atoms with E-state index in [-0.39, 0.29) is 17.3 Å². The average molecular weight is 331 g/mol. The Hall–Kier alpha value is -0.160. The molecule has 0 aromatic rings. The number of hydrogen-bond acceptors (Lipinski definition) is 4. The van der Waals surface area contributed by atoms with Crippen molar-refractivity contribution in [1.29, 1.82) is 0 Å². The Bertz CT molecular complexity index is 277. The fourth-order valence-electron chi connectivity index (χ4n) is 3.42. The predicted octanol–water partition coefficient (Wildman–Crippen LogP) is 3.87. The topological polar surface area (TPSA) is 56.5 Å². The van der Waals surface area contributed by atoms with Gasteiger partial charge in [0.05, 0.1) is 17.3 Å². The van der Waals surface area contributed by atoms with Gasteiger partial charge in [-0.15, -0.1) is 0 Å². The lowest BCUT2D eigenvalue weighted by molar-refractivity contribution is -0.138. The van der Waals surface area contributed by atoms with Gasteiger partial charge in [0, 0.05) is 13.0 Å². The second-order valence-electron chi connectivity index (χ2n) is 6.76. The number of ether oxygens (including phenoxy) is 2. The van der Waals surface area contributed by atoms with Crippen LogP contribution in [-0.2, 0) is 9.47 Å². The summed E-state index contributed by atoms with van der Waals surface area (Å²) < 4.78 is 12.8. The van der Waals surface area contributed by atoms with E-state index in [0.717, 1.165) is 58.1 Å². The maximum Gasteiger partial charge on any atom is 0.0701 e. The molecule has 0 aromatic heterocycles. The highest BCUT2D eigenvalue weighted by molar-refractivity contribution is 4.84. The highest BCUT2D eigenvalue weighted by Gasteiger charge is 2.34. The SMILES string of the molecule is CCC(CC)(CC(C)OC(CC)(CC)CCN)OCCCNC. The van der Waals surface area contributed by atoms with Crippen LogP contribution < -0.4 is 11.1 Å². The van der Waals surface area contributed by atoms with Crippen LogP contribution in [0.1, 0.15) is 79.6 Å². The molecular weight excluding hydrogens is 288 g/mol. The van der Waals surface area contributed by atoms with Crippen LogP contribution >= 0.6 is 0 Å². The molecule has 0 rings (SSSR count). The molecule has 0 radical (unpaired) electrons. The van der Waals surface area contributed by atoms with Gasteiger partial charge in [0.2, 0.25) is 0 Å². The van der Waals surface area contributed by atoms with Gasteiger partial charge >= 0.3 is 0 Å². The summed E-state index contributed by atoms with van der Waals surface area (Å²) in [4.78, 5) is 0. The van der Waals surface area contributed by atoms with Gasteiger partial charge in [0.15, 0.2) is 0 Å². The van der Waals surface area contributed by atoms with Gasteiger partial charge in [-0.3, -0.25) is 0 Å². The van der Waals surface area contributed by atoms with E-state index in [1.807, 2.05) is 7.05 Å². The highest BCUT2D eigenvalue weighted by atomic mass is 16.5. The van der Waals surface area contributed by atoms with Crippen molar-refractivity contribution < 1.29 is 9.47 Å². The van der Waals surface area contributed by atoms with Crippen molar-refractivity contribution in [3.63, 3.8) is 0 Å². The van der Waals surface area contributed by atoms with E-state index in [0.29, 0.717) is 6.54 Å². The van der Waals surface area contributed by atoms with Crippen molar-refractivity contribution >= 4 is 0 Å². The molecule has 0 saturated heterocycles. The molecular formula is C19H42N2O2. The lowest BCUT2D eigenvalue weighted by Crippen LogP contribution is -2.42. The van der Waals surface area contributed by atoms with Gasteiger partial charge < -0.3 is 20.5 Å². The zero-order valence-electron chi connectivity index (χ0n) is 16.5. The second-order valence-corrected chi connectivity index (χ2v) is 6.76. The summed E-state index contributed by atoms with van der Waals surface area (Å²) in [5.74, 6) is 0. The molecule has 0 saturated carbocycles. The van der Waals surface area contributed by atoms with Crippen molar-refractivity contribution in [1.82, 2.24) is 5.32 Å². The maximum atomic E-state index is 6.49. The first-order valence-electron chi connectivity index (χ1n) is 9.63. The van der Waals surface area contributed by atoms with Gasteiger partial charge in [0.1, 0.15) is 0 Å². The molecule has 0 aromatic carbocycles. The van der Waals surface area contributed by atoms with E-state index in [1.54, 1.807) is 0 Å². The van der Waals surface area contributed by atoms with E-state index >= 15 is 0 Å². The first-order chi connectivity index (χ1) is 11.0. The number of hydrogen-bond donors (Lipinski definition) is 2. The van der Waals surface area contributed by atoms with Crippen molar-refractivity contribution in [2.24, 2.45) is 5.73 Å². The van der Waals surface area contributed by atoms with Gasteiger partial charge in [-0.05, 0) is 65.6 Å². The summed E-state index contributed by atoms with van der Waals surface area (Å²) in [6.45, 7) is 13.5. The zero-order chi connectivity index (χ0) is 17.8. The molecule has 0 aliphatic heterocycles. The lowest BCUT2D eigenvalue weighted by Gasteiger charge is -2.39. The van der Waals surface area contributed by atoms with Crippen LogP contribution in [0, 0.1) is 0 Å². The molecule has 140 valence electrons. The molecule has 0 heterocycles. The van der Waals surface area contributed by atoms with E-state index in [2.05, 4.69) is 39.9 Å². The quantitative estimate of drug-likeness (QED) is 0.448. The van der Waals surface area contributed by atoms with Crippen molar-refractivity contribution in [2.45, 2.75) is 96.9 Å². The van der Waals surface area contributed by atoms with Crippen LogP contribution in [0.5, 0.6) is 0 Å². The van der Waals surface area contributed by atoms with E-state index in [1.165, 1.54) is 0 Å². The molecule has 0 spiro atoms. The van der Waals surface area contributed by atoms with Crippen LogP contribution in [0.15, 0.2) is 0 Å². The lowest BCUT2D eigenvalue weighted by atomic mass is 9.88. The molecule has 4 heteroatoms. The predicted molar refractivity (Wildman–Crippen MR) is 100.0 cm³/mol. The molecule has 0 fully saturated rings. The molecule has 1 unspecified atom stereocenters. The Kier molecular flexibility index (Phi) is 12.2. The van der Waals surface area contributed by atoms with Crippen LogP contribution in [-0.4, -0.2) is 44.1 Å². The summed E-state index contributed by atoms with van der Waals surface area (Å²) in [7, 11) is 1.98. The molecule has 0 bridgehead atoms. The smallest absolute Gasteiger partial charge is 0.0701 e. The Morgan fingerprint density at radius 3 is 2.00 bits per heavy atom. The average Bonchev–Trinajstić information content (AvgIpc) is 2.57. The minimum atomic E-state index is -0.0759. The van der Waals surface area contributed by atoms with E-state index < -0.39 is 0 Å². The largest absolute Gasteiger partial charge is 0.375 e. The minimum Gasteiger partial charge on any atom is -0.375 e.